The van der Waals surface area contributed by atoms with E-state index in [0.29, 0.717) is 32.2 Å². The third-order valence-electron chi connectivity index (χ3n) is 4.96. The number of oxazole rings is 1. The van der Waals surface area contributed by atoms with Gasteiger partial charge in [0.05, 0.1) is 24.9 Å². The third-order valence-corrected chi connectivity index (χ3v) is 4.96. The molecule has 0 aliphatic carbocycles. The number of carbonyl (C=O) groups excluding carboxylic acids is 1. The number of anilines is 1. The van der Waals surface area contributed by atoms with Crippen LogP contribution >= 0.6 is 0 Å². The standard InChI is InChI=1S/C21H29FN4O4/c1-3-29-13-16(27)11-25-6-8-26(9-7-25)12-20-23-19(14-30-20)21(28)24-18-10-15(2)4-5-17(18)22/h4-5,10,14,16,27H,3,6-9,11-13H2,1-2H3,(H,24,28)/t16-/m1/s1. The Morgan fingerprint density at radius 1 is 1.33 bits per heavy atom. The van der Waals surface area contributed by atoms with Gasteiger partial charge in [-0.05, 0) is 31.5 Å². The van der Waals surface area contributed by atoms with E-state index in [9.17, 15) is 14.3 Å². The van der Waals surface area contributed by atoms with Crippen LogP contribution in [0, 0.1) is 12.7 Å². The van der Waals surface area contributed by atoms with Gasteiger partial charge >= 0.3 is 0 Å². The molecule has 0 spiro atoms. The highest BCUT2D eigenvalue weighted by molar-refractivity contribution is 6.02. The van der Waals surface area contributed by atoms with E-state index >= 15 is 0 Å². The van der Waals surface area contributed by atoms with Gasteiger partial charge in [-0.1, -0.05) is 6.07 Å². The summed E-state index contributed by atoms with van der Waals surface area (Å²) in [5.74, 6) is -0.570. The van der Waals surface area contributed by atoms with Gasteiger partial charge < -0.3 is 19.6 Å². The maximum absolute atomic E-state index is 13.8. The molecule has 1 saturated heterocycles. The highest BCUT2D eigenvalue weighted by atomic mass is 19.1. The zero-order valence-corrected chi connectivity index (χ0v) is 17.4. The number of ether oxygens (including phenoxy) is 1. The number of β-amino-alcohol motifs (C(OH)–C–C–N with tert-alkyl or cyclic N) is 1. The largest absolute Gasteiger partial charge is 0.447 e. The van der Waals surface area contributed by atoms with Crippen molar-refractivity contribution in [3.05, 3.63) is 47.4 Å². The predicted molar refractivity (Wildman–Crippen MR) is 110 cm³/mol. The average molecular weight is 420 g/mol. The molecule has 9 heteroatoms. The first kappa shape index (κ1) is 22.4. The van der Waals surface area contributed by atoms with E-state index in [0.717, 1.165) is 31.7 Å². The summed E-state index contributed by atoms with van der Waals surface area (Å²) in [6.07, 6.45) is 0.807. The van der Waals surface area contributed by atoms with Crippen LogP contribution in [-0.4, -0.2) is 77.8 Å². The molecular weight excluding hydrogens is 391 g/mol. The minimum atomic E-state index is -0.511. The molecule has 8 nitrogen and oxygen atoms in total. The van der Waals surface area contributed by atoms with Crippen molar-refractivity contribution in [3.8, 4) is 0 Å². The average Bonchev–Trinajstić information content (AvgIpc) is 3.19. The molecule has 2 heterocycles. The fourth-order valence-corrected chi connectivity index (χ4v) is 3.33. The third kappa shape index (κ3) is 6.33. The Labute approximate surface area is 175 Å². The van der Waals surface area contributed by atoms with E-state index in [4.69, 9.17) is 9.15 Å². The van der Waals surface area contributed by atoms with Crippen molar-refractivity contribution < 1.29 is 23.4 Å². The Balaban J connectivity index is 1.47. The lowest BCUT2D eigenvalue weighted by molar-refractivity contribution is 0.00949. The van der Waals surface area contributed by atoms with Gasteiger partial charge in [0.15, 0.2) is 5.69 Å². The Morgan fingerprint density at radius 2 is 2.07 bits per heavy atom. The normalized spacial score (nSPS) is 16.5. The number of rotatable bonds is 9. The molecule has 0 radical (unpaired) electrons. The molecule has 0 saturated carbocycles. The summed E-state index contributed by atoms with van der Waals surface area (Å²) in [6, 6.07) is 4.52. The van der Waals surface area contributed by atoms with Gasteiger partial charge in [-0.2, -0.15) is 0 Å². The molecular formula is C21H29FN4O4. The molecule has 0 unspecified atom stereocenters. The minimum absolute atomic E-state index is 0.114. The van der Waals surface area contributed by atoms with Crippen LogP contribution in [0.1, 0.15) is 28.9 Å². The molecule has 1 fully saturated rings. The van der Waals surface area contributed by atoms with Crippen LogP contribution in [0.5, 0.6) is 0 Å². The maximum Gasteiger partial charge on any atom is 0.277 e. The Kier molecular flexibility index (Phi) is 7.92. The second-order valence-corrected chi connectivity index (χ2v) is 7.45. The lowest BCUT2D eigenvalue weighted by Gasteiger charge is -2.34. The van der Waals surface area contributed by atoms with Gasteiger partial charge in [-0.3, -0.25) is 14.6 Å². The van der Waals surface area contributed by atoms with Crippen molar-refractivity contribution >= 4 is 11.6 Å². The topological polar surface area (TPSA) is 91.1 Å². The van der Waals surface area contributed by atoms with Crippen molar-refractivity contribution in [3.63, 3.8) is 0 Å². The summed E-state index contributed by atoms with van der Waals surface area (Å²) < 4.78 is 24.5. The number of aliphatic hydroxyl groups is 1. The molecule has 1 amide bonds. The number of aliphatic hydroxyl groups excluding tert-OH is 1. The number of benzene rings is 1. The highest BCUT2D eigenvalue weighted by Gasteiger charge is 2.21. The van der Waals surface area contributed by atoms with E-state index in [1.54, 1.807) is 12.1 Å². The molecule has 1 atom stereocenters. The summed E-state index contributed by atoms with van der Waals surface area (Å²) in [4.78, 5) is 21.0. The Morgan fingerprint density at radius 3 is 2.80 bits per heavy atom. The monoisotopic (exact) mass is 420 g/mol. The van der Waals surface area contributed by atoms with Gasteiger partial charge in [0, 0.05) is 39.3 Å². The number of nitrogens with zero attached hydrogens (tertiary/aromatic N) is 3. The molecule has 30 heavy (non-hydrogen) atoms. The zero-order chi connectivity index (χ0) is 21.5. The number of amides is 1. The van der Waals surface area contributed by atoms with Crippen molar-refractivity contribution in [2.45, 2.75) is 26.5 Å². The molecule has 1 aliphatic heterocycles. The SMILES string of the molecule is CCOC[C@H](O)CN1CCN(Cc2nc(C(=O)Nc3cc(C)ccc3F)co2)CC1. The maximum atomic E-state index is 13.8. The van der Waals surface area contributed by atoms with Crippen LogP contribution in [0.3, 0.4) is 0 Å². The van der Waals surface area contributed by atoms with E-state index in [1.807, 2.05) is 13.8 Å². The number of nitrogens with one attached hydrogen (secondary N) is 1. The van der Waals surface area contributed by atoms with E-state index < -0.39 is 17.8 Å². The first-order valence-corrected chi connectivity index (χ1v) is 10.2. The second-order valence-electron chi connectivity index (χ2n) is 7.45. The summed E-state index contributed by atoms with van der Waals surface area (Å²) in [6.45, 7) is 9.01. The van der Waals surface area contributed by atoms with Crippen LogP contribution in [0.4, 0.5) is 10.1 Å². The zero-order valence-electron chi connectivity index (χ0n) is 17.4. The van der Waals surface area contributed by atoms with Gasteiger partial charge in [-0.25, -0.2) is 9.37 Å². The number of piperazine rings is 1. The molecule has 164 valence electrons. The van der Waals surface area contributed by atoms with Crippen molar-refractivity contribution in [1.82, 2.24) is 14.8 Å². The minimum Gasteiger partial charge on any atom is -0.447 e. The van der Waals surface area contributed by atoms with E-state index in [1.165, 1.54) is 12.3 Å². The molecule has 1 aromatic carbocycles. The van der Waals surface area contributed by atoms with Crippen molar-refractivity contribution in [2.24, 2.45) is 0 Å². The van der Waals surface area contributed by atoms with Crippen LogP contribution < -0.4 is 5.32 Å². The van der Waals surface area contributed by atoms with Gasteiger partial charge in [0.1, 0.15) is 12.1 Å². The summed E-state index contributed by atoms with van der Waals surface area (Å²) in [5.41, 5.74) is 1.08. The Bertz CT molecular complexity index is 836. The number of aryl methyl sites for hydroxylation is 1. The van der Waals surface area contributed by atoms with Crippen molar-refractivity contribution in [1.29, 1.82) is 0 Å². The van der Waals surface area contributed by atoms with Gasteiger partial charge in [0.2, 0.25) is 5.89 Å². The van der Waals surface area contributed by atoms with Crippen LogP contribution in [-0.2, 0) is 11.3 Å². The number of hydrogen-bond donors (Lipinski definition) is 2. The Hall–Kier alpha value is -2.33. The summed E-state index contributed by atoms with van der Waals surface area (Å²) >= 11 is 0. The molecule has 0 bridgehead atoms. The number of hydrogen-bond acceptors (Lipinski definition) is 7. The second kappa shape index (κ2) is 10.6. The lowest BCUT2D eigenvalue weighted by atomic mass is 10.2. The fourth-order valence-electron chi connectivity index (χ4n) is 3.33. The predicted octanol–water partition coefficient (Wildman–Crippen LogP) is 1.89. The van der Waals surface area contributed by atoms with E-state index in [-0.39, 0.29) is 11.4 Å². The summed E-state index contributed by atoms with van der Waals surface area (Å²) in [5, 5.41) is 12.5. The fraction of sp³-hybridized carbons (Fsp3) is 0.524. The molecule has 3 rings (SSSR count). The van der Waals surface area contributed by atoms with Gasteiger partial charge in [-0.15, -0.1) is 0 Å². The first-order valence-electron chi connectivity index (χ1n) is 10.2. The summed E-state index contributed by atoms with van der Waals surface area (Å²) in [7, 11) is 0. The van der Waals surface area contributed by atoms with Crippen LogP contribution in [0.15, 0.2) is 28.9 Å². The highest BCUT2D eigenvalue weighted by Crippen LogP contribution is 2.17. The van der Waals surface area contributed by atoms with Crippen molar-refractivity contribution in [2.75, 3.05) is 51.3 Å². The molecule has 2 N–H and O–H groups in total. The van der Waals surface area contributed by atoms with Crippen LogP contribution in [0.25, 0.3) is 0 Å². The molecule has 2 aromatic rings. The van der Waals surface area contributed by atoms with Crippen LogP contribution in [0.2, 0.25) is 0 Å². The molecule has 1 aliphatic rings. The lowest BCUT2D eigenvalue weighted by Crippen LogP contribution is -2.48. The van der Waals surface area contributed by atoms with Gasteiger partial charge in [0.25, 0.3) is 5.91 Å². The number of halogens is 1. The number of aromatic nitrogens is 1. The first-order chi connectivity index (χ1) is 14.4. The smallest absolute Gasteiger partial charge is 0.277 e. The molecule has 1 aromatic heterocycles. The quantitative estimate of drug-likeness (QED) is 0.640. The number of carbonyl (C=O) groups is 1. The van der Waals surface area contributed by atoms with E-state index in [2.05, 4.69) is 20.1 Å².